The van der Waals surface area contributed by atoms with Crippen molar-refractivity contribution >= 4 is 29.9 Å². The molecule has 0 fully saturated rings. The molecule has 1 heterocycles. The first kappa shape index (κ1) is 26.3. The Morgan fingerprint density at radius 3 is 2.06 bits per heavy atom. The first-order valence-corrected chi connectivity index (χ1v) is 19.8. The molecule has 2 aromatic rings. The number of benzene rings is 1. The molecule has 0 saturated heterocycles. The summed E-state index contributed by atoms with van der Waals surface area (Å²) in [4.78, 5) is 12.7. The number of rotatable bonds is 14. The van der Waals surface area contributed by atoms with Crippen LogP contribution in [0.2, 0.25) is 13.3 Å². The number of ether oxygens (including phenoxy) is 1. The second kappa shape index (κ2) is 14.3. The van der Waals surface area contributed by atoms with Crippen LogP contribution in [0.1, 0.15) is 75.4 Å². The van der Waals surface area contributed by atoms with Gasteiger partial charge in [-0.1, -0.05) is 0 Å². The molecule has 3 nitrogen and oxygen atoms in total. The molecule has 0 saturated carbocycles. The van der Waals surface area contributed by atoms with Crippen molar-refractivity contribution in [2.24, 2.45) is 0 Å². The van der Waals surface area contributed by atoms with Crippen LogP contribution in [-0.4, -0.2) is 30.5 Å². The van der Waals surface area contributed by atoms with Gasteiger partial charge in [0, 0.05) is 0 Å². The van der Waals surface area contributed by atoms with E-state index in [2.05, 4.69) is 42.9 Å². The molecule has 0 aliphatic carbocycles. The van der Waals surface area contributed by atoms with Crippen LogP contribution in [-0.2, 0) is 4.74 Å². The number of carbonyl (C=O) groups excluding carboxylic acids is 1. The van der Waals surface area contributed by atoms with Crippen molar-refractivity contribution in [1.82, 2.24) is 0 Å². The van der Waals surface area contributed by atoms with Gasteiger partial charge >= 0.3 is 199 Å². The van der Waals surface area contributed by atoms with E-state index < -0.39 is 30.5 Å². The Morgan fingerprint density at radius 2 is 1.59 bits per heavy atom. The minimum absolute atomic E-state index is 0.176. The number of carbonyl (C=O) groups is 1. The molecule has 0 bridgehead atoms. The Kier molecular flexibility index (Phi) is 11.7. The van der Waals surface area contributed by atoms with Crippen LogP contribution < -0.4 is 0 Å². The molecular weight excluding hydrogens is 503 g/mol. The van der Waals surface area contributed by atoms with E-state index in [1.165, 1.54) is 58.1 Å². The second-order valence-electron chi connectivity index (χ2n) is 8.57. The average Bonchev–Trinajstić information content (AvgIpc) is 3.37. The normalized spacial score (nSPS) is 12.9. The summed E-state index contributed by atoms with van der Waals surface area (Å²) in [6.45, 7) is 6.81. The summed E-state index contributed by atoms with van der Waals surface area (Å²) in [5.74, 6) is 2.42. The van der Waals surface area contributed by atoms with Crippen LogP contribution in [0.3, 0.4) is 0 Å². The van der Waals surface area contributed by atoms with E-state index in [9.17, 15) is 4.79 Å². The maximum absolute atomic E-state index is 12.7. The molecule has 4 heteroatoms. The first-order valence-electron chi connectivity index (χ1n) is 12.1. The van der Waals surface area contributed by atoms with Crippen molar-refractivity contribution in [3.8, 4) is 12.3 Å². The van der Waals surface area contributed by atoms with Crippen LogP contribution in [0.5, 0.6) is 0 Å². The van der Waals surface area contributed by atoms with E-state index in [4.69, 9.17) is 15.6 Å². The standard InChI is InChI=1S/C16H11O3.3C4H9.Sn/c1-3-14(12(2)13-8-5-4-6-9-13)19-16(17)15-10-7-11-18-15;3*1-3-4-2;/h1-2,4-11,14H;3*1,3-4H2,2H3;. The van der Waals surface area contributed by atoms with E-state index in [0.717, 1.165) is 11.1 Å². The molecule has 2 rings (SSSR count). The topological polar surface area (TPSA) is 39.4 Å². The fraction of sp³-hybridized carbons (Fsp3) is 0.464. The van der Waals surface area contributed by atoms with Gasteiger partial charge in [-0.25, -0.2) is 0 Å². The Hall–Kier alpha value is -1.93. The van der Waals surface area contributed by atoms with Gasteiger partial charge in [0.25, 0.3) is 0 Å². The predicted octanol–water partition coefficient (Wildman–Crippen LogP) is 7.91. The quantitative estimate of drug-likeness (QED) is 0.139. The second-order valence-corrected chi connectivity index (χ2v) is 21.4. The van der Waals surface area contributed by atoms with Crippen LogP contribution in [0.4, 0.5) is 0 Å². The van der Waals surface area contributed by atoms with Crippen LogP contribution in [0.15, 0.2) is 57.2 Å². The average molecular weight is 541 g/mol. The van der Waals surface area contributed by atoms with Crippen molar-refractivity contribution in [2.75, 3.05) is 0 Å². The molecule has 32 heavy (non-hydrogen) atoms. The van der Waals surface area contributed by atoms with Gasteiger partial charge in [-0.2, -0.15) is 0 Å². The van der Waals surface area contributed by atoms with Gasteiger partial charge in [0.05, 0.1) is 0 Å². The SMILES string of the molecule is C#CC(OC(=O)c1ccco1)/C(=[CH]/[Sn]([CH2]CCC)([CH2]CCC)[CH2]CCC)c1ccccc1. The van der Waals surface area contributed by atoms with Crippen molar-refractivity contribution in [2.45, 2.75) is 78.7 Å². The molecule has 0 amide bonds. The molecule has 0 spiro atoms. The summed E-state index contributed by atoms with van der Waals surface area (Å²) in [6, 6.07) is 13.5. The number of unbranched alkanes of at least 4 members (excludes halogenated alkanes) is 3. The third-order valence-electron chi connectivity index (χ3n) is 6.03. The summed E-state index contributed by atoms with van der Waals surface area (Å²) < 4.78 is 17.6. The van der Waals surface area contributed by atoms with Gasteiger partial charge in [0.1, 0.15) is 0 Å². The predicted molar refractivity (Wildman–Crippen MR) is 136 cm³/mol. The fourth-order valence-electron chi connectivity index (χ4n) is 4.20. The van der Waals surface area contributed by atoms with E-state index in [0.29, 0.717) is 0 Å². The number of esters is 1. The molecule has 1 atom stereocenters. The number of terminal acetylenes is 1. The molecule has 0 radical (unpaired) electrons. The van der Waals surface area contributed by atoms with Crippen molar-refractivity contribution in [1.29, 1.82) is 0 Å². The van der Waals surface area contributed by atoms with Gasteiger partial charge in [-0.15, -0.1) is 0 Å². The Labute approximate surface area is 198 Å². The van der Waals surface area contributed by atoms with E-state index in [1.54, 1.807) is 12.1 Å². The first-order chi connectivity index (χ1) is 15.6. The van der Waals surface area contributed by atoms with Crippen molar-refractivity contribution < 1.29 is 13.9 Å². The fourth-order valence-corrected chi connectivity index (χ4v) is 19.4. The van der Waals surface area contributed by atoms with Gasteiger partial charge in [0.2, 0.25) is 0 Å². The van der Waals surface area contributed by atoms with Crippen LogP contribution in [0, 0.1) is 12.3 Å². The van der Waals surface area contributed by atoms with Crippen molar-refractivity contribution in [3.05, 3.63) is 64.1 Å². The summed E-state index contributed by atoms with van der Waals surface area (Å²) in [7, 11) is 0. The third-order valence-corrected chi connectivity index (χ3v) is 20.2. The molecule has 1 aromatic heterocycles. The Morgan fingerprint density at radius 1 is 1.00 bits per heavy atom. The summed E-state index contributed by atoms with van der Waals surface area (Å²) in [5, 5.41) is 0. The maximum atomic E-state index is 12.7. The Bertz CT molecular complexity index is 840. The zero-order chi connectivity index (χ0) is 23.2. The molecule has 0 aliphatic heterocycles. The zero-order valence-corrected chi connectivity index (χ0v) is 22.8. The molecule has 0 N–H and O–H groups in total. The Balaban J connectivity index is 2.52. The molecular formula is C28H38O3Sn. The zero-order valence-electron chi connectivity index (χ0n) is 19.9. The minimum atomic E-state index is -2.70. The van der Waals surface area contributed by atoms with E-state index >= 15 is 0 Å². The summed E-state index contributed by atoms with van der Waals surface area (Å²) in [6.07, 6.45) is 14.1. The third kappa shape index (κ3) is 7.89. The van der Waals surface area contributed by atoms with Crippen LogP contribution in [0.25, 0.3) is 5.57 Å². The van der Waals surface area contributed by atoms with Gasteiger partial charge in [0.15, 0.2) is 0 Å². The number of hydrogen-bond acceptors (Lipinski definition) is 3. The molecule has 0 aliphatic rings. The van der Waals surface area contributed by atoms with Crippen molar-refractivity contribution in [3.63, 3.8) is 0 Å². The van der Waals surface area contributed by atoms with Crippen LogP contribution >= 0.6 is 0 Å². The van der Waals surface area contributed by atoms with E-state index in [-0.39, 0.29) is 5.76 Å². The number of hydrogen-bond donors (Lipinski definition) is 0. The monoisotopic (exact) mass is 542 g/mol. The molecule has 172 valence electrons. The summed E-state index contributed by atoms with van der Waals surface area (Å²) >= 11 is -2.70. The summed E-state index contributed by atoms with van der Waals surface area (Å²) in [5.41, 5.74) is 2.04. The van der Waals surface area contributed by atoms with Gasteiger partial charge in [-0.05, 0) is 0 Å². The molecule has 1 aromatic carbocycles. The van der Waals surface area contributed by atoms with E-state index in [1.807, 2.05) is 18.2 Å². The van der Waals surface area contributed by atoms with Gasteiger partial charge < -0.3 is 0 Å². The van der Waals surface area contributed by atoms with Gasteiger partial charge in [-0.3, -0.25) is 0 Å². The molecule has 1 unspecified atom stereocenters. The number of furan rings is 1.